The summed E-state index contributed by atoms with van der Waals surface area (Å²) in [5.41, 5.74) is -1.65. The molecule has 144 valence electrons. The Morgan fingerprint density at radius 2 is 1.58 bits per heavy atom. The van der Waals surface area contributed by atoms with Gasteiger partial charge in [0.1, 0.15) is 12.2 Å². The van der Waals surface area contributed by atoms with Crippen molar-refractivity contribution in [2.45, 2.75) is 58.2 Å². The van der Waals surface area contributed by atoms with E-state index in [9.17, 15) is 30.0 Å². The third-order valence-corrected chi connectivity index (χ3v) is 7.92. The second-order valence-corrected chi connectivity index (χ2v) is 9.05. The molecule has 4 rings (SSSR count). The van der Waals surface area contributed by atoms with E-state index in [1.54, 1.807) is 27.7 Å². The molecule has 0 radical (unpaired) electrons. The van der Waals surface area contributed by atoms with Crippen molar-refractivity contribution in [1.29, 1.82) is 0 Å². The van der Waals surface area contributed by atoms with Gasteiger partial charge in [-0.15, -0.1) is 0 Å². The van der Waals surface area contributed by atoms with Crippen molar-refractivity contribution in [3.8, 4) is 0 Å². The van der Waals surface area contributed by atoms with Crippen molar-refractivity contribution >= 4 is 11.8 Å². The molecule has 4 N–H and O–H groups in total. The summed E-state index contributed by atoms with van der Waals surface area (Å²) in [7, 11) is 0. The van der Waals surface area contributed by atoms with Crippen LogP contribution in [-0.4, -0.2) is 62.7 Å². The highest BCUT2D eigenvalue weighted by atomic mass is 16.6. The van der Waals surface area contributed by atoms with Gasteiger partial charge in [0.25, 0.3) is 0 Å². The van der Waals surface area contributed by atoms with Crippen LogP contribution < -0.4 is 0 Å². The zero-order valence-electron chi connectivity index (χ0n) is 15.3. The minimum atomic E-state index is -1.44. The number of esters is 1. The molecule has 0 aromatic heterocycles. The van der Waals surface area contributed by atoms with Crippen LogP contribution in [0.2, 0.25) is 0 Å². The quantitative estimate of drug-likeness (QED) is 0.422. The number of hydrogen-bond acceptors (Lipinski definition) is 7. The first kappa shape index (κ1) is 18.1. The standard InChI is InChI=1S/C19H26O7/c1-6-5-8(20)15(24)18(3)9(6)12(22)16-19(4)10(17(25)26-16)7(2)11(21)13(23)14(18)19/h5,7,9-16,21-24H,1-4H3/t7-,9+,10-,11-,12-,13-,14-,15-,16-,18+,19+/m1/s1. The van der Waals surface area contributed by atoms with Gasteiger partial charge >= 0.3 is 5.97 Å². The molecule has 3 aliphatic carbocycles. The summed E-state index contributed by atoms with van der Waals surface area (Å²) in [5, 5.41) is 43.6. The monoisotopic (exact) mass is 366 g/mol. The average Bonchev–Trinajstić information content (AvgIpc) is 2.81. The lowest BCUT2D eigenvalue weighted by atomic mass is 9.39. The Morgan fingerprint density at radius 3 is 2.19 bits per heavy atom. The Hall–Kier alpha value is -1.28. The molecular formula is C19H26O7. The Bertz CT molecular complexity index is 717. The van der Waals surface area contributed by atoms with E-state index in [1.165, 1.54) is 6.08 Å². The van der Waals surface area contributed by atoms with Crippen molar-refractivity contribution in [1.82, 2.24) is 0 Å². The Balaban J connectivity index is 2.00. The van der Waals surface area contributed by atoms with Crippen molar-refractivity contribution < 1.29 is 34.8 Å². The van der Waals surface area contributed by atoms with Crippen molar-refractivity contribution in [3.05, 3.63) is 11.6 Å². The van der Waals surface area contributed by atoms with Crippen LogP contribution in [0.3, 0.4) is 0 Å². The first-order chi connectivity index (χ1) is 12.0. The predicted molar refractivity (Wildman–Crippen MR) is 88.5 cm³/mol. The number of rotatable bonds is 0. The first-order valence-electron chi connectivity index (χ1n) is 9.13. The number of aliphatic hydroxyl groups excluding tert-OH is 4. The topological polar surface area (TPSA) is 124 Å². The highest BCUT2D eigenvalue weighted by Crippen LogP contribution is 2.68. The smallest absolute Gasteiger partial charge is 0.310 e. The molecular weight excluding hydrogens is 340 g/mol. The van der Waals surface area contributed by atoms with Gasteiger partial charge in [0.15, 0.2) is 5.78 Å². The van der Waals surface area contributed by atoms with Crippen LogP contribution in [0.1, 0.15) is 27.7 Å². The van der Waals surface area contributed by atoms with Gasteiger partial charge < -0.3 is 25.2 Å². The third kappa shape index (κ3) is 1.73. The Labute approximate surface area is 151 Å². The number of carbonyl (C=O) groups is 2. The number of hydrogen-bond donors (Lipinski definition) is 4. The SMILES string of the molecule is CC1=CC(=O)[C@@H](O)[C@]2(C)[C@H]3[C@H](O)[C@H](O)[C@H](C)[C@@H]4C(=O)O[C@H]([C@H](O)[C@H]12)[C@]34C. The molecule has 3 fully saturated rings. The van der Waals surface area contributed by atoms with Gasteiger partial charge in [-0.25, -0.2) is 0 Å². The van der Waals surface area contributed by atoms with E-state index in [-0.39, 0.29) is 0 Å². The summed E-state index contributed by atoms with van der Waals surface area (Å²) in [6.07, 6.45) is -4.55. The Kier molecular flexibility index (Phi) is 3.59. The lowest BCUT2D eigenvalue weighted by Crippen LogP contribution is -2.74. The largest absolute Gasteiger partial charge is 0.459 e. The first-order valence-corrected chi connectivity index (χ1v) is 9.13. The molecule has 0 unspecified atom stereocenters. The van der Waals surface area contributed by atoms with E-state index >= 15 is 0 Å². The van der Waals surface area contributed by atoms with E-state index in [0.29, 0.717) is 5.57 Å². The van der Waals surface area contributed by atoms with Crippen LogP contribution in [-0.2, 0) is 14.3 Å². The fourth-order valence-corrected chi connectivity index (χ4v) is 6.99. The van der Waals surface area contributed by atoms with E-state index < -0.39 is 76.8 Å². The molecule has 7 heteroatoms. The zero-order chi connectivity index (χ0) is 19.3. The van der Waals surface area contributed by atoms with E-state index in [4.69, 9.17) is 4.74 Å². The number of ketones is 1. The lowest BCUT2D eigenvalue weighted by molar-refractivity contribution is -0.266. The summed E-state index contributed by atoms with van der Waals surface area (Å²) in [4.78, 5) is 25.0. The van der Waals surface area contributed by atoms with Gasteiger partial charge in [-0.3, -0.25) is 9.59 Å². The minimum absolute atomic E-state index is 0.488. The van der Waals surface area contributed by atoms with E-state index in [1.807, 2.05) is 0 Å². The molecule has 11 atom stereocenters. The fraction of sp³-hybridized carbons (Fsp3) is 0.789. The van der Waals surface area contributed by atoms with Crippen molar-refractivity contribution in [3.63, 3.8) is 0 Å². The number of aliphatic hydroxyl groups is 4. The van der Waals surface area contributed by atoms with Crippen molar-refractivity contribution in [2.24, 2.45) is 34.5 Å². The molecule has 4 aliphatic rings. The van der Waals surface area contributed by atoms with Gasteiger partial charge in [-0.1, -0.05) is 26.3 Å². The summed E-state index contributed by atoms with van der Waals surface area (Å²) in [6, 6.07) is 0. The van der Waals surface area contributed by atoms with Crippen LogP contribution in [0.5, 0.6) is 0 Å². The summed E-state index contributed by atoms with van der Waals surface area (Å²) in [5.74, 6) is -3.75. The Morgan fingerprint density at radius 1 is 0.962 bits per heavy atom. The maximum absolute atomic E-state index is 12.6. The molecule has 7 nitrogen and oxygen atoms in total. The van der Waals surface area contributed by atoms with Crippen LogP contribution >= 0.6 is 0 Å². The van der Waals surface area contributed by atoms with Gasteiger partial charge in [-0.2, -0.15) is 0 Å². The van der Waals surface area contributed by atoms with Crippen LogP contribution in [0.15, 0.2) is 11.6 Å². The van der Waals surface area contributed by atoms with Crippen molar-refractivity contribution in [2.75, 3.05) is 0 Å². The maximum Gasteiger partial charge on any atom is 0.310 e. The van der Waals surface area contributed by atoms with Gasteiger partial charge in [-0.05, 0) is 18.9 Å². The summed E-state index contributed by atoms with van der Waals surface area (Å²) >= 11 is 0. The fourth-order valence-electron chi connectivity index (χ4n) is 6.99. The minimum Gasteiger partial charge on any atom is -0.459 e. The second kappa shape index (κ2) is 5.16. The van der Waals surface area contributed by atoms with E-state index in [0.717, 1.165) is 0 Å². The average molecular weight is 366 g/mol. The van der Waals surface area contributed by atoms with Crippen LogP contribution in [0.4, 0.5) is 0 Å². The molecule has 1 aliphatic heterocycles. The number of fused-ring (bicyclic) bond motifs is 2. The molecule has 0 aromatic rings. The second-order valence-electron chi connectivity index (χ2n) is 9.05. The zero-order valence-corrected chi connectivity index (χ0v) is 15.3. The van der Waals surface area contributed by atoms with E-state index in [2.05, 4.69) is 0 Å². The molecule has 26 heavy (non-hydrogen) atoms. The molecule has 0 amide bonds. The van der Waals surface area contributed by atoms with Gasteiger partial charge in [0.2, 0.25) is 0 Å². The maximum atomic E-state index is 12.6. The predicted octanol–water partition coefficient (Wildman–Crippen LogP) is -0.591. The molecule has 1 saturated heterocycles. The van der Waals surface area contributed by atoms with Crippen LogP contribution in [0, 0.1) is 34.5 Å². The summed E-state index contributed by atoms with van der Waals surface area (Å²) in [6.45, 7) is 6.80. The van der Waals surface area contributed by atoms with Gasteiger partial charge in [0.05, 0.1) is 24.2 Å². The summed E-state index contributed by atoms with van der Waals surface area (Å²) < 4.78 is 5.56. The highest BCUT2D eigenvalue weighted by molar-refractivity contribution is 5.96. The molecule has 1 heterocycles. The number of ether oxygens (including phenoxy) is 1. The molecule has 0 aromatic carbocycles. The molecule has 0 bridgehead atoms. The lowest BCUT2D eigenvalue weighted by Gasteiger charge is -2.65. The van der Waals surface area contributed by atoms with Crippen LogP contribution in [0.25, 0.3) is 0 Å². The molecule has 2 saturated carbocycles. The third-order valence-electron chi connectivity index (χ3n) is 7.92. The normalized spacial score (nSPS) is 58.6. The highest BCUT2D eigenvalue weighted by Gasteiger charge is 2.77. The number of carbonyl (C=O) groups excluding carboxylic acids is 2. The van der Waals surface area contributed by atoms with Gasteiger partial charge in [0, 0.05) is 22.7 Å². The molecule has 0 spiro atoms.